The second-order valence-corrected chi connectivity index (χ2v) is 7.91. The summed E-state index contributed by atoms with van der Waals surface area (Å²) in [6, 6.07) is 13.5. The number of nitrogens with zero attached hydrogens (tertiary/aromatic N) is 1. The molecule has 1 heterocycles. The van der Waals surface area contributed by atoms with Crippen LogP contribution in [0.3, 0.4) is 0 Å². The van der Waals surface area contributed by atoms with E-state index in [2.05, 4.69) is 20.8 Å². The van der Waals surface area contributed by atoms with Gasteiger partial charge in [0.1, 0.15) is 12.4 Å². The van der Waals surface area contributed by atoms with E-state index in [9.17, 15) is 10.2 Å². The summed E-state index contributed by atoms with van der Waals surface area (Å²) in [5.74, 6) is 0.752. The first-order chi connectivity index (χ1) is 12.6. The van der Waals surface area contributed by atoms with Crippen LogP contribution < -0.4 is 4.74 Å². The Bertz CT molecular complexity index is 740. The fourth-order valence-corrected chi connectivity index (χ4v) is 4.17. The van der Waals surface area contributed by atoms with Crippen LogP contribution in [0.25, 0.3) is 0 Å². The van der Waals surface area contributed by atoms with Crippen LogP contribution in [0, 0.1) is 0 Å². The summed E-state index contributed by atoms with van der Waals surface area (Å²) in [6.45, 7) is 1.86. The second-order valence-electron chi connectivity index (χ2n) is 6.56. The highest BCUT2D eigenvalue weighted by Gasteiger charge is 2.43. The summed E-state index contributed by atoms with van der Waals surface area (Å²) in [5.41, 5.74) is 1.45. The van der Waals surface area contributed by atoms with E-state index < -0.39 is 5.54 Å². The Morgan fingerprint density at radius 3 is 2.62 bits per heavy atom. The van der Waals surface area contributed by atoms with Crippen LogP contribution in [0.2, 0.25) is 5.02 Å². The lowest BCUT2D eigenvalue weighted by Crippen LogP contribution is -2.45. The summed E-state index contributed by atoms with van der Waals surface area (Å²) < 4.78 is 7.06. The van der Waals surface area contributed by atoms with Crippen molar-refractivity contribution in [1.29, 1.82) is 0 Å². The minimum absolute atomic E-state index is 0.0131. The van der Waals surface area contributed by atoms with Gasteiger partial charge >= 0.3 is 0 Å². The third-order valence-corrected chi connectivity index (χ3v) is 5.75. The third kappa shape index (κ3) is 4.07. The van der Waals surface area contributed by atoms with E-state index in [1.54, 1.807) is 0 Å². The molecule has 2 aromatic carbocycles. The highest BCUT2D eigenvalue weighted by Crippen LogP contribution is 2.43. The van der Waals surface area contributed by atoms with Gasteiger partial charge in [-0.1, -0.05) is 39.7 Å². The van der Waals surface area contributed by atoms with Crippen LogP contribution in [0.1, 0.15) is 24.0 Å². The largest absolute Gasteiger partial charge is 0.489 e. The number of hydrogen-bond acceptors (Lipinski definition) is 4. The first-order valence-corrected chi connectivity index (χ1v) is 9.90. The minimum atomic E-state index is -0.526. The zero-order valence-electron chi connectivity index (χ0n) is 14.5. The highest BCUT2D eigenvalue weighted by atomic mass is 79.9. The molecule has 2 N–H and O–H groups in total. The van der Waals surface area contributed by atoms with Gasteiger partial charge in [-0.2, -0.15) is 0 Å². The van der Waals surface area contributed by atoms with Crippen LogP contribution >= 0.6 is 27.5 Å². The van der Waals surface area contributed by atoms with Gasteiger partial charge < -0.3 is 14.9 Å². The van der Waals surface area contributed by atoms with Gasteiger partial charge in [0.25, 0.3) is 0 Å². The van der Waals surface area contributed by atoms with Crippen LogP contribution in [-0.4, -0.2) is 41.4 Å². The molecule has 0 unspecified atom stereocenters. The lowest BCUT2D eigenvalue weighted by Gasteiger charge is -2.38. The Hall–Kier alpha value is -1.11. The van der Waals surface area contributed by atoms with Crippen LogP contribution in [0.5, 0.6) is 5.75 Å². The van der Waals surface area contributed by atoms with Crippen molar-refractivity contribution in [3.8, 4) is 5.75 Å². The van der Waals surface area contributed by atoms with Crippen molar-refractivity contribution < 1.29 is 14.9 Å². The number of aliphatic hydroxyl groups excluding tert-OH is 2. The summed E-state index contributed by atoms with van der Waals surface area (Å²) in [7, 11) is 0. The molecule has 1 fully saturated rings. The molecule has 0 amide bonds. The van der Waals surface area contributed by atoms with Crippen molar-refractivity contribution in [2.75, 3.05) is 26.3 Å². The molecular formula is C20H23BrClNO3. The molecule has 140 valence electrons. The van der Waals surface area contributed by atoms with Crippen LogP contribution in [0.15, 0.2) is 46.9 Å². The molecule has 26 heavy (non-hydrogen) atoms. The number of rotatable bonds is 7. The van der Waals surface area contributed by atoms with E-state index in [1.165, 1.54) is 0 Å². The van der Waals surface area contributed by atoms with E-state index in [0.29, 0.717) is 18.2 Å². The highest BCUT2D eigenvalue weighted by molar-refractivity contribution is 9.10. The fourth-order valence-electron chi connectivity index (χ4n) is 3.68. The monoisotopic (exact) mass is 439 g/mol. The number of benzene rings is 2. The molecule has 2 aromatic rings. The number of hydrogen-bond donors (Lipinski definition) is 2. The quantitative estimate of drug-likeness (QED) is 0.684. The molecule has 4 nitrogen and oxygen atoms in total. The van der Waals surface area contributed by atoms with Crippen LogP contribution in [-0.2, 0) is 12.1 Å². The van der Waals surface area contributed by atoms with E-state index in [4.69, 9.17) is 16.3 Å². The Kier molecular flexibility index (Phi) is 6.59. The number of β-amino-alcohol motifs (C(OH)–C–C–N with tert-alkyl or cyclic N) is 1. The van der Waals surface area contributed by atoms with Crippen molar-refractivity contribution in [2.24, 2.45) is 0 Å². The Morgan fingerprint density at radius 1 is 1.15 bits per heavy atom. The average molecular weight is 441 g/mol. The van der Waals surface area contributed by atoms with Crippen LogP contribution in [0.4, 0.5) is 0 Å². The van der Waals surface area contributed by atoms with Gasteiger partial charge in [0.15, 0.2) is 0 Å². The molecule has 0 aliphatic carbocycles. The molecule has 1 atom stereocenters. The SMILES string of the molecule is OCCN1CCC[C@@]1(CO)c1cc(Br)ccc1OCc1ccc(Cl)cc1. The van der Waals surface area contributed by atoms with Gasteiger partial charge in [-0.3, -0.25) is 4.90 Å². The van der Waals surface area contributed by atoms with E-state index in [-0.39, 0.29) is 13.2 Å². The number of likely N-dealkylation sites (tertiary alicyclic amines) is 1. The maximum absolute atomic E-state index is 10.3. The van der Waals surface area contributed by atoms with Gasteiger partial charge in [0.05, 0.1) is 18.8 Å². The van der Waals surface area contributed by atoms with E-state index >= 15 is 0 Å². The van der Waals surface area contributed by atoms with Gasteiger partial charge in [-0.05, 0) is 55.3 Å². The molecule has 1 aliphatic rings. The third-order valence-electron chi connectivity index (χ3n) is 5.01. The van der Waals surface area contributed by atoms with Crippen molar-refractivity contribution >= 4 is 27.5 Å². The smallest absolute Gasteiger partial charge is 0.125 e. The van der Waals surface area contributed by atoms with Gasteiger partial charge in [-0.25, -0.2) is 0 Å². The number of ether oxygens (including phenoxy) is 1. The maximum atomic E-state index is 10.3. The van der Waals surface area contributed by atoms with Gasteiger partial charge in [-0.15, -0.1) is 0 Å². The fraction of sp³-hybridized carbons (Fsp3) is 0.400. The lowest BCUT2D eigenvalue weighted by atomic mass is 9.87. The Morgan fingerprint density at radius 2 is 1.92 bits per heavy atom. The summed E-state index contributed by atoms with van der Waals surface area (Å²) in [5, 5.41) is 20.4. The van der Waals surface area contributed by atoms with Crippen molar-refractivity contribution in [2.45, 2.75) is 25.0 Å². The number of halogens is 2. The van der Waals surface area contributed by atoms with Crippen molar-refractivity contribution in [1.82, 2.24) is 4.90 Å². The summed E-state index contributed by atoms with van der Waals surface area (Å²) in [6.07, 6.45) is 1.81. The molecule has 0 saturated carbocycles. The molecule has 1 saturated heterocycles. The van der Waals surface area contributed by atoms with E-state index in [1.807, 2.05) is 42.5 Å². The summed E-state index contributed by atoms with van der Waals surface area (Å²) in [4.78, 5) is 2.16. The Balaban J connectivity index is 1.90. The minimum Gasteiger partial charge on any atom is -0.489 e. The zero-order valence-corrected chi connectivity index (χ0v) is 16.8. The van der Waals surface area contributed by atoms with Gasteiger partial charge in [0.2, 0.25) is 0 Å². The van der Waals surface area contributed by atoms with Crippen molar-refractivity contribution in [3.63, 3.8) is 0 Å². The molecule has 0 radical (unpaired) electrons. The second kappa shape index (κ2) is 8.72. The standard InChI is InChI=1S/C20H23BrClNO3/c21-16-4-7-19(26-13-15-2-5-17(22)6-3-15)18(12-16)20(14-25)8-1-9-23(20)10-11-24/h2-7,12,24-25H,1,8-11,13-14H2/t20-/m1/s1. The van der Waals surface area contributed by atoms with Gasteiger partial charge in [0, 0.05) is 21.6 Å². The molecule has 0 bridgehead atoms. The Labute approximate surface area is 167 Å². The first kappa shape index (κ1) is 19.6. The number of aliphatic hydroxyl groups is 2. The predicted molar refractivity (Wildman–Crippen MR) is 107 cm³/mol. The topological polar surface area (TPSA) is 52.9 Å². The molecule has 0 spiro atoms. The average Bonchev–Trinajstić information content (AvgIpc) is 3.06. The molecular weight excluding hydrogens is 418 g/mol. The first-order valence-electron chi connectivity index (χ1n) is 8.73. The normalized spacial score (nSPS) is 20.5. The zero-order chi connectivity index (χ0) is 18.6. The molecule has 3 rings (SSSR count). The van der Waals surface area contributed by atoms with Crippen molar-refractivity contribution in [3.05, 3.63) is 63.1 Å². The predicted octanol–water partition coefficient (Wildman–Crippen LogP) is 3.96. The summed E-state index contributed by atoms with van der Waals surface area (Å²) >= 11 is 9.48. The maximum Gasteiger partial charge on any atom is 0.125 e. The van der Waals surface area contributed by atoms with E-state index in [0.717, 1.165) is 40.7 Å². The molecule has 1 aliphatic heterocycles. The molecule has 0 aromatic heterocycles. The molecule has 6 heteroatoms. The lowest BCUT2D eigenvalue weighted by molar-refractivity contribution is 0.0461.